The molecule has 1 fully saturated rings. The summed E-state index contributed by atoms with van der Waals surface area (Å²) in [6.45, 7) is 6.90. The second-order valence-electron chi connectivity index (χ2n) is 6.69. The maximum Gasteiger partial charge on any atom is 0.408 e. The predicted octanol–water partition coefficient (Wildman–Crippen LogP) is 1.48. The molecule has 0 radical (unpaired) electrons. The second kappa shape index (κ2) is 6.10. The maximum absolute atomic E-state index is 12.2. The molecule has 4 nitrogen and oxygen atoms in total. The van der Waals surface area contributed by atoms with Gasteiger partial charge in [-0.15, -0.1) is 0 Å². The largest absolute Gasteiger partial charge is 0.444 e. The van der Waals surface area contributed by atoms with Crippen molar-refractivity contribution in [2.24, 2.45) is 0 Å². The molecule has 0 aliphatic carbocycles. The number of nitrogens with one attached hydrogen (secondary N) is 1. The Bertz CT molecular complexity index is 487. The van der Waals surface area contributed by atoms with E-state index in [1.54, 1.807) is 0 Å². The van der Waals surface area contributed by atoms with Gasteiger partial charge in [0.2, 0.25) is 0 Å². The Balaban J connectivity index is 2.21. The van der Waals surface area contributed by atoms with Crippen molar-refractivity contribution in [3.63, 3.8) is 0 Å². The second-order valence-corrected chi connectivity index (χ2v) is 6.69. The summed E-state index contributed by atoms with van der Waals surface area (Å²) < 4.78 is 10.9. The molecule has 1 saturated heterocycles. The molecule has 1 heterocycles. The first-order chi connectivity index (χ1) is 9.81. The van der Waals surface area contributed by atoms with Crippen LogP contribution in [0, 0.1) is 0 Å². The Kier molecular flexibility index (Phi) is 4.62. The van der Waals surface area contributed by atoms with Crippen molar-refractivity contribution < 1.29 is 14.3 Å². The molecule has 0 saturated carbocycles. The van der Waals surface area contributed by atoms with E-state index in [2.05, 4.69) is 37.4 Å². The highest BCUT2D eigenvalue weighted by atomic mass is 16.6. The highest BCUT2D eigenvalue weighted by molar-refractivity contribution is 6.32. The minimum absolute atomic E-state index is 0.370. The van der Waals surface area contributed by atoms with Gasteiger partial charge in [0, 0.05) is 13.2 Å². The number of carbonyl (C=O) groups excluding carboxylic acids is 1. The lowest BCUT2D eigenvalue weighted by Crippen LogP contribution is -2.50. The van der Waals surface area contributed by atoms with Crippen LogP contribution in [0.5, 0.6) is 0 Å². The van der Waals surface area contributed by atoms with E-state index >= 15 is 0 Å². The van der Waals surface area contributed by atoms with Gasteiger partial charge in [-0.05, 0) is 39.2 Å². The first-order valence-corrected chi connectivity index (χ1v) is 7.47. The van der Waals surface area contributed by atoms with Crippen LogP contribution in [-0.4, -0.2) is 32.8 Å². The van der Waals surface area contributed by atoms with Crippen molar-refractivity contribution in [2.45, 2.75) is 44.8 Å². The number of amides is 1. The number of ether oxygens (including phenoxy) is 2. The van der Waals surface area contributed by atoms with Gasteiger partial charge in [-0.25, -0.2) is 4.79 Å². The summed E-state index contributed by atoms with van der Waals surface area (Å²) in [6.07, 6.45) is 1.15. The van der Waals surface area contributed by atoms with Crippen LogP contribution in [0.1, 0.15) is 39.2 Å². The van der Waals surface area contributed by atoms with Crippen LogP contribution in [0.3, 0.4) is 0 Å². The zero-order valence-electron chi connectivity index (χ0n) is 13.4. The minimum atomic E-state index is -0.496. The number of hydrogen-bond acceptors (Lipinski definition) is 3. The Morgan fingerprint density at radius 1 is 1.24 bits per heavy atom. The Morgan fingerprint density at radius 2 is 1.81 bits per heavy atom. The third-order valence-electron chi connectivity index (χ3n) is 3.69. The van der Waals surface area contributed by atoms with E-state index in [1.165, 1.54) is 5.46 Å². The molecule has 114 valence electrons. The van der Waals surface area contributed by atoms with Gasteiger partial charge in [-0.3, -0.25) is 0 Å². The van der Waals surface area contributed by atoms with Crippen molar-refractivity contribution in [2.75, 3.05) is 13.2 Å². The molecule has 1 amide bonds. The smallest absolute Gasteiger partial charge is 0.408 e. The zero-order valence-corrected chi connectivity index (χ0v) is 13.4. The number of benzene rings is 1. The normalized spacial score (nSPS) is 18.0. The molecular weight excluding hydrogens is 265 g/mol. The summed E-state index contributed by atoms with van der Waals surface area (Å²) in [4.78, 5) is 12.2. The van der Waals surface area contributed by atoms with Crippen LogP contribution in [-0.2, 0) is 15.0 Å². The average molecular weight is 289 g/mol. The molecule has 2 rings (SSSR count). The summed E-state index contributed by atoms with van der Waals surface area (Å²) in [7, 11) is 2.06. The molecule has 0 bridgehead atoms. The van der Waals surface area contributed by atoms with E-state index in [0.717, 1.165) is 18.4 Å². The van der Waals surface area contributed by atoms with Crippen molar-refractivity contribution in [1.29, 1.82) is 0 Å². The summed E-state index contributed by atoms with van der Waals surface area (Å²) in [5.74, 6) is 0. The number of carbonyl (C=O) groups is 1. The molecule has 1 aromatic carbocycles. The van der Waals surface area contributed by atoms with Gasteiger partial charge in [-0.1, -0.05) is 29.7 Å². The van der Waals surface area contributed by atoms with Crippen LogP contribution in [0.15, 0.2) is 24.3 Å². The fourth-order valence-corrected chi connectivity index (χ4v) is 2.58. The quantitative estimate of drug-likeness (QED) is 0.839. The topological polar surface area (TPSA) is 47.6 Å². The third kappa shape index (κ3) is 4.24. The number of rotatable bonds is 2. The van der Waals surface area contributed by atoms with E-state index in [4.69, 9.17) is 9.47 Å². The van der Waals surface area contributed by atoms with E-state index in [0.29, 0.717) is 13.2 Å². The first kappa shape index (κ1) is 15.9. The molecule has 5 heteroatoms. The van der Waals surface area contributed by atoms with E-state index in [1.807, 2.05) is 20.8 Å². The fourth-order valence-electron chi connectivity index (χ4n) is 2.58. The Labute approximate surface area is 127 Å². The van der Waals surface area contributed by atoms with E-state index < -0.39 is 11.1 Å². The third-order valence-corrected chi connectivity index (χ3v) is 3.69. The lowest BCUT2D eigenvalue weighted by atomic mass is 9.81. The summed E-state index contributed by atoms with van der Waals surface area (Å²) in [6, 6.07) is 8.31. The van der Waals surface area contributed by atoms with Gasteiger partial charge < -0.3 is 14.8 Å². The van der Waals surface area contributed by atoms with Crippen molar-refractivity contribution in [1.82, 2.24) is 5.32 Å². The molecule has 1 aliphatic rings. The van der Waals surface area contributed by atoms with Crippen molar-refractivity contribution >= 4 is 19.4 Å². The van der Waals surface area contributed by atoms with Crippen LogP contribution < -0.4 is 10.8 Å². The molecule has 21 heavy (non-hydrogen) atoms. The molecule has 1 aromatic rings. The molecule has 1 aliphatic heterocycles. The van der Waals surface area contributed by atoms with Gasteiger partial charge >= 0.3 is 6.09 Å². The maximum atomic E-state index is 12.2. The molecule has 0 unspecified atom stereocenters. The molecule has 0 atom stereocenters. The van der Waals surface area contributed by atoms with Gasteiger partial charge in [-0.2, -0.15) is 0 Å². The lowest BCUT2D eigenvalue weighted by Gasteiger charge is -2.39. The SMILES string of the molecule is Bc1ccc(C2(NC(=O)OC(C)(C)C)CCOCC2)cc1. The van der Waals surface area contributed by atoms with Gasteiger partial charge in [0.1, 0.15) is 13.4 Å². The summed E-state index contributed by atoms with van der Waals surface area (Å²) >= 11 is 0. The monoisotopic (exact) mass is 289 g/mol. The zero-order chi connectivity index (χ0) is 15.5. The van der Waals surface area contributed by atoms with Crippen LogP contribution in [0.4, 0.5) is 4.79 Å². The van der Waals surface area contributed by atoms with Crippen LogP contribution in [0.2, 0.25) is 0 Å². The predicted molar refractivity (Wildman–Crippen MR) is 85.7 cm³/mol. The van der Waals surface area contributed by atoms with Crippen molar-refractivity contribution in [3.05, 3.63) is 29.8 Å². The van der Waals surface area contributed by atoms with Crippen LogP contribution in [0.25, 0.3) is 0 Å². The summed E-state index contributed by atoms with van der Waals surface area (Å²) in [5, 5.41) is 3.08. The Morgan fingerprint density at radius 3 is 2.33 bits per heavy atom. The van der Waals surface area contributed by atoms with Gasteiger partial charge in [0.05, 0.1) is 5.54 Å². The molecule has 0 spiro atoms. The molecule has 0 aromatic heterocycles. The van der Waals surface area contributed by atoms with E-state index in [9.17, 15) is 4.79 Å². The van der Waals surface area contributed by atoms with Crippen LogP contribution >= 0.6 is 0 Å². The molecular formula is C16H24BNO3. The van der Waals surface area contributed by atoms with E-state index in [-0.39, 0.29) is 6.09 Å². The van der Waals surface area contributed by atoms with Gasteiger partial charge in [0.25, 0.3) is 0 Å². The molecule has 1 N–H and O–H groups in total. The van der Waals surface area contributed by atoms with Gasteiger partial charge in [0.15, 0.2) is 0 Å². The lowest BCUT2D eigenvalue weighted by molar-refractivity contribution is 0.0157. The highest BCUT2D eigenvalue weighted by Crippen LogP contribution is 2.32. The highest BCUT2D eigenvalue weighted by Gasteiger charge is 2.37. The number of hydrogen-bond donors (Lipinski definition) is 1. The van der Waals surface area contributed by atoms with Crippen molar-refractivity contribution in [3.8, 4) is 0 Å². The fraction of sp³-hybridized carbons (Fsp3) is 0.562. The number of alkyl carbamates (subject to hydrolysis) is 1. The minimum Gasteiger partial charge on any atom is -0.444 e. The Hall–Kier alpha value is -1.49. The first-order valence-electron chi connectivity index (χ1n) is 7.47. The summed E-state index contributed by atoms with van der Waals surface area (Å²) in [5.41, 5.74) is 1.43. The average Bonchev–Trinajstić information content (AvgIpc) is 2.38. The standard InChI is InChI=1S/C16H24BNO3/c1-15(2,3)21-14(19)18-16(8-10-20-11-9-16)12-4-6-13(17)7-5-12/h4-7H,8-11,17H2,1-3H3,(H,18,19).